The number of allylic oxidation sites excluding steroid dienone is 1. The summed E-state index contributed by atoms with van der Waals surface area (Å²) < 4.78 is 25.9. The molecular weight excluding hydrogens is 642 g/mol. The second-order valence-electron chi connectivity index (χ2n) is 8.46. The van der Waals surface area contributed by atoms with Crippen molar-refractivity contribution in [1.82, 2.24) is 4.57 Å². The van der Waals surface area contributed by atoms with Gasteiger partial charge in [0, 0.05) is 30.7 Å². The number of esters is 1. The lowest BCUT2D eigenvalue weighted by Gasteiger charge is -2.26. The molecule has 0 aliphatic carbocycles. The molecule has 4 rings (SSSR count). The summed E-state index contributed by atoms with van der Waals surface area (Å²) in [5.74, 6) is 1.61. The zero-order valence-corrected chi connectivity index (χ0v) is 25.7. The maximum Gasteiger partial charge on any atom is 0.338 e. The number of fused-ring (bicyclic) bond motifs is 1. The van der Waals surface area contributed by atoms with E-state index in [1.165, 1.54) is 23.0 Å². The molecule has 0 saturated carbocycles. The van der Waals surface area contributed by atoms with E-state index >= 15 is 0 Å². The zero-order valence-electron chi connectivity index (χ0n) is 21.8. The van der Waals surface area contributed by atoms with E-state index in [1.807, 2.05) is 25.9 Å². The third-order valence-corrected chi connectivity index (χ3v) is 8.00. The quantitative estimate of drug-likeness (QED) is 0.329. The molecule has 0 amide bonds. The van der Waals surface area contributed by atoms with Gasteiger partial charge in [-0.15, -0.1) is 0 Å². The molecule has 2 aromatic heterocycles. The molecule has 3 heterocycles. The fourth-order valence-corrected chi connectivity index (χ4v) is 6.38. The van der Waals surface area contributed by atoms with Crippen molar-refractivity contribution in [2.45, 2.75) is 26.8 Å². The van der Waals surface area contributed by atoms with Crippen LogP contribution in [0.4, 0.5) is 5.88 Å². The Labute approximate surface area is 240 Å². The van der Waals surface area contributed by atoms with Gasteiger partial charge in [-0.05, 0) is 54.4 Å². The molecule has 0 spiro atoms. The number of thiazole rings is 1. The van der Waals surface area contributed by atoms with E-state index in [9.17, 15) is 9.59 Å². The van der Waals surface area contributed by atoms with Crippen molar-refractivity contribution in [2.24, 2.45) is 4.99 Å². The van der Waals surface area contributed by atoms with Crippen LogP contribution in [-0.2, 0) is 9.53 Å². The Hall–Kier alpha value is -2.83. The molecule has 202 valence electrons. The number of halogens is 2. The smallest absolute Gasteiger partial charge is 0.338 e. The minimum atomic E-state index is -0.813. The summed E-state index contributed by atoms with van der Waals surface area (Å²) in [5, 5.41) is 0. The highest BCUT2D eigenvalue weighted by atomic mass is 79.9. The first-order valence-corrected chi connectivity index (χ1v) is 14.2. The first-order valence-electron chi connectivity index (χ1n) is 11.8. The second kappa shape index (κ2) is 11.5. The first-order chi connectivity index (χ1) is 18.1. The molecule has 0 unspecified atom stereocenters. The van der Waals surface area contributed by atoms with Crippen LogP contribution in [-0.4, -0.2) is 45.0 Å². The number of carbonyl (C=O) groups excluding carboxylic acids is 1. The number of anilines is 1. The van der Waals surface area contributed by atoms with Gasteiger partial charge < -0.3 is 23.5 Å². The Balaban J connectivity index is 1.98. The van der Waals surface area contributed by atoms with Gasteiger partial charge in [0.2, 0.25) is 5.88 Å². The van der Waals surface area contributed by atoms with Crippen LogP contribution in [0.3, 0.4) is 0 Å². The maximum atomic E-state index is 13.9. The van der Waals surface area contributed by atoms with Crippen LogP contribution in [0.25, 0.3) is 6.08 Å². The number of methoxy groups -OCH3 is 1. The van der Waals surface area contributed by atoms with Crippen molar-refractivity contribution in [3.05, 3.63) is 69.4 Å². The summed E-state index contributed by atoms with van der Waals surface area (Å²) in [7, 11) is 5.27. The number of aromatic nitrogens is 1. The molecule has 1 atom stereocenters. The van der Waals surface area contributed by atoms with Crippen LogP contribution < -0.4 is 29.3 Å². The average Bonchev–Trinajstić information content (AvgIpc) is 3.37. The number of carbonyl (C=O) groups is 1. The summed E-state index contributed by atoms with van der Waals surface area (Å²) in [5.41, 5.74) is 1.06. The molecule has 0 bridgehead atoms. The van der Waals surface area contributed by atoms with Crippen molar-refractivity contribution in [1.29, 1.82) is 0 Å². The molecular formula is C26H27Br2N3O6S. The van der Waals surface area contributed by atoms with Crippen molar-refractivity contribution < 1.29 is 23.4 Å². The largest absolute Gasteiger partial charge is 0.493 e. The second-order valence-corrected chi connectivity index (χ2v) is 11.2. The van der Waals surface area contributed by atoms with E-state index in [0.29, 0.717) is 54.8 Å². The molecule has 1 aliphatic rings. The molecule has 1 aliphatic heterocycles. The average molecular weight is 669 g/mol. The van der Waals surface area contributed by atoms with Gasteiger partial charge in [0.1, 0.15) is 5.76 Å². The van der Waals surface area contributed by atoms with Gasteiger partial charge in [0.05, 0.1) is 46.6 Å². The van der Waals surface area contributed by atoms with E-state index in [-0.39, 0.29) is 17.7 Å². The number of nitrogens with zero attached hydrogens (tertiary/aromatic N) is 3. The Morgan fingerprint density at radius 3 is 2.53 bits per heavy atom. The van der Waals surface area contributed by atoms with Crippen LogP contribution in [0.5, 0.6) is 11.5 Å². The summed E-state index contributed by atoms with van der Waals surface area (Å²) in [4.78, 5) is 34.0. The van der Waals surface area contributed by atoms with Gasteiger partial charge in [-0.3, -0.25) is 9.36 Å². The standard InChI is InChI=1S/C26H27Br2N3O6S/c1-7-35-19-12-16(27)15(11-18(19)34-6)22-21(25(33)36-8-2)13(3)29-26-31(22)23(32)20(38-26)10-14-9-17(28)24(37-14)30(4)5/h9-12,22H,7-8H2,1-6H3/b20-10+/t22-/m1/s1. The molecule has 0 fully saturated rings. The number of benzene rings is 1. The zero-order chi connectivity index (χ0) is 27.7. The number of ether oxygens (including phenoxy) is 3. The van der Waals surface area contributed by atoms with Crippen molar-refractivity contribution in [2.75, 3.05) is 39.3 Å². The third-order valence-electron chi connectivity index (χ3n) is 5.76. The minimum absolute atomic E-state index is 0.183. The summed E-state index contributed by atoms with van der Waals surface area (Å²) >= 11 is 8.34. The number of hydrogen-bond donors (Lipinski definition) is 0. The van der Waals surface area contributed by atoms with Gasteiger partial charge in [0.15, 0.2) is 16.3 Å². The van der Waals surface area contributed by atoms with E-state index in [2.05, 4.69) is 36.9 Å². The lowest BCUT2D eigenvalue weighted by Crippen LogP contribution is -2.40. The van der Waals surface area contributed by atoms with Gasteiger partial charge in [-0.1, -0.05) is 27.3 Å². The summed E-state index contributed by atoms with van der Waals surface area (Å²) in [6.07, 6.45) is 1.68. The Bertz CT molecular complexity index is 1600. The fourth-order valence-electron chi connectivity index (χ4n) is 4.16. The molecule has 1 aromatic carbocycles. The third kappa shape index (κ3) is 5.21. The highest BCUT2D eigenvalue weighted by Crippen LogP contribution is 2.41. The Morgan fingerprint density at radius 2 is 1.92 bits per heavy atom. The molecule has 0 N–H and O–H groups in total. The van der Waals surface area contributed by atoms with Crippen molar-refractivity contribution in [3.8, 4) is 11.5 Å². The SMILES string of the molecule is CCOC(=O)C1=C(C)N=c2s/c(=C/c3cc(Br)c(N(C)C)o3)c(=O)n2[C@@H]1c1cc(OC)c(OCC)cc1Br. The summed E-state index contributed by atoms with van der Waals surface area (Å²) in [6.45, 7) is 5.98. The monoisotopic (exact) mass is 667 g/mol. The van der Waals surface area contributed by atoms with Crippen molar-refractivity contribution in [3.63, 3.8) is 0 Å². The molecule has 9 nitrogen and oxygen atoms in total. The first kappa shape index (κ1) is 28.2. The molecule has 0 radical (unpaired) electrons. The van der Waals surface area contributed by atoms with Crippen LogP contribution in [0.1, 0.15) is 38.1 Å². The number of furan rings is 1. The van der Waals surface area contributed by atoms with Crippen LogP contribution in [0, 0.1) is 0 Å². The number of hydrogen-bond acceptors (Lipinski definition) is 9. The van der Waals surface area contributed by atoms with E-state index in [1.54, 1.807) is 38.1 Å². The lowest BCUT2D eigenvalue weighted by molar-refractivity contribution is -0.139. The number of rotatable bonds is 8. The Kier molecular flexibility index (Phi) is 8.53. The fraction of sp³-hybridized carbons (Fsp3) is 0.346. The summed E-state index contributed by atoms with van der Waals surface area (Å²) in [6, 6.07) is 4.53. The predicted molar refractivity (Wildman–Crippen MR) is 153 cm³/mol. The Morgan fingerprint density at radius 1 is 1.18 bits per heavy atom. The van der Waals surface area contributed by atoms with E-state index in [4.69, 9.17) is 18.6 Å². The van der Waals surface area contributed by atoms with Crippen molar-refractivity contribution >= 4 is 61.1 Å². The topological polar surface area (TPSA) is 95.5 Å². The van der Waals surface area contributed by atoms with Gasteiger partial charge in [-0.25, -0.2) is 9.79 Å². The minimum Gasteiger partial charge on any atom is -0.493 e. The lowest BCUT2D eigenvalue weighted by atomic mass is 9.95. The van der Waals surface area contributed by atoms with Gasteiger partial charge in [0.25, 0.3) is 5.56 Å². The van der Waals surface area contributed by atoms with E-state index in [0.717, 1.165) is 4.47 Å². The molecule has 3 aromatic rings. The predicted octanol–water partition coefficient (Wildman–Crippen LogP) is 4.39. The molecule has 0 saturated heterocycles. The molecule has 12 heteroatoms. The maximum absolute atomic E-state index is 13.9. The van der Waals surface area contributed by atoms with E-state index < -0.39 is 12.0 Å². The molecule has 38 heavy (non-hydrogen) atoms. The van der Waals surface area contributed by atoms with Gasteiger partial charge >= 0.3 is 5.97 Å². The highest BCUT2D eigenvalue weighted by molar-refractivity contribution is 9.10. The normalized spacial score (nSPS) is 15.3. The van der Waals surface area contributed by atoms with Crippen LogP contribution in [0.15, 0.2) is 52.6 Å². The van der Waals surface area contributed by atoms with Gasteiger partial charge in [-0.2, -0.15) is 0 Å². The highest BCUT2D eigenvalue weighted by Gasteiger charge is 2.35. The van der Waals surface area contributed by atoms with Crippen LogP contribution in [0.2, 0.25) is 0 Å². The van der Waals surface area contributed by atoms with Crippen LogP contribution >= 0.6 is 43.2 Å².